The highest BCUT2D eigenvalue weighted by Crippen LogP contribution is 2.17. The third kappa shape index (κ3) is 4.10. The summed E-state index contributed by atoms with van der Waals surface area (Å²) in [5.41, 5.74) is 0. The van der Waals surface area contributed by atoms with Gasteiger partial charge in [-0.2, -0.15) is 0 Å². The number of carbonyl (C=O) groups excluding carboxylic acids is 1. The molecule has 1 amide bonds. The Bertz CT molecular complexity index is 383. The van der Waals surface area contributed by atoms with Crippen LogP contribution in [0.3, 0.4) is 0 Å². The van der Waals surface area contributed by atoms with E-state index in [1.54, 1.807) is 11.3 Å². The van der Waals surface area contributed by atoms with Crippen LogP contribution in [0.4, 0.5) is 0 Å². The summed E-state index contributed by atoms with van der Waals surface area (Å²) in [7, 11) is 0. The van der Waals surface area contributed by atoms with Crippen LogP contribution >= 0.6 is 11.3 Å². The lowest BCUT2D eigenvalue weighted by Crippen LogP contribution is -2.23. The van der Waals surface area contributed by atoms with Crippen molar-refractivity contribution < 1.29 is 4.79 Å². The highest BCUT2D eigenvalue weighted by molar-refractivity contribution is 7.11. The van der Waals surface area contributed by atoms with Crippen LogP contribution < -0.4 is 10.6 Å². The summed E-state index contributed by atoms with van der Waals surface area (Å²) in [6.07, 6.45) is 3.98. The van der Waals surface area contributed by atoms with Crippen molar-refractivity contribution in [2.45, 2.75) is 39.2 Å². The van der Waals surface area contributed by atoms with Crippen LogP contribution in [0.1, 0.15) is 35.9 Å². The normalized spacial score (nSPS) is 19.1. The Labute approximate surface area is 113 Å². The fraction of sp³-hybridized carbons (Fsp3) is 0.643. The van der Waals surface area contributed by atoms with Crippen LogP contribution in [0.5, 0.6) is 0 Å². The molecule has 0 aliphatic carbocycles. The standard InChI is InChI=1S/C14H22N2OS/c1-2-12-4-5-13(18-12)10-16-14(17)6-3-11-7-8-15-9-11/h4-5,11,15H,2-3,6-10H2,1H3,(H,16,17). The number of thiophene rings is 1. The van der Waals surface area contributed by atoms with Crippen molar-refractivity contribution in [3.8, 4) is 0 Å². The summed E-state index contributed by atoms with van der Waals surface area (Å²) >= 11 is 1.79. The fourth-order valence-corrected chi connectivity index (χ4v) is 3.18. The van der Waals surface area contributed by atoms with E-state index in [9.17, 15) is 4.79 Å². The second-order valence-electron chi connectivity index (χ2n) is 4.90. The first-order chi connectivity index (χ1) is 8.78. The minimum Gasteiger partial charge on any atom is -0.351 e. The van der Waals surface area contributed by atoms with Gasteiger partial charge >= 0.3 is 0 Å². The molecule has 1 atom stereocenters. The largest absolute Gasteiger partial charge is 0.351 e. The quantitative estimate of drug-likeness (QED) is 0.829. The van der Waals surface area contributed by atoms with E-state index in [1.807, 2.05) is 0 Å². The molecule has 1 aliphatic heterocycles. The van der Waals surface area contributed by atoms with Crippen LogP contribution in [-0.4, -0.2) is 19.0 Å². The number of hydrogen-bond donors (Lipinski definition) is 2. The van der Waals surface area contributed by atoms with Crippen molar-refractivity contribution in [3.05, 3.63) is 21.9 Å². The van der Waals surface area contributed by atoms with E-state index in [-0.39, 0.29) is 5.91 Å². The maximum absolute atomic E-state index is 11.7. The summed E-state index contributed by atoms with van der Waals surface area (Å²) in [4.78, 5) is 14.4. The molecule has 1 aliphatic rings. The maximum atomic E-state index is 11.7. The summed E-state index contributed by atoms with van der Waals surface area (Å²) in [6.45, 7) is 5.04. The molecule has 0 radical (unpaired) electrons. The molecule has 2 heterocycles. The number of nitrogens with one attached hydrogen (secondary N) is 2. The molecule has 4 heteroatoms. The minimum atomic E-state index is 0.188. The molecule has 0 spiro atoms. The number of aryl methyl sites for hydroxylation is 1. The Balaban J connectivity index is 1.64. The van der Waals surface area contributed by atoms with Crippen molar-refractivity contribution in [2.24, 2.45) is 5.92 Å². The van der Waals surface area contributed by atoms with Gasteiger partial charge in [0.1, 0.15) is 0 Å². The van der Waals surface area contributed by atoms with Crippen molar-refractivity contribution in [3.63, 3.8) is 0 Å². The zero-order valence-corrected chi connectivity index (χ0v) is 11.8. The van der Waals surface area contributed by atoms with Gasteiger partial charge in [0.2, 0.25) is 5.91 Å². The van der Waals surface area contributed by atoms with Crippen LogP contribution in [0.25, 0.3) is 0 Å². The summed E-state index contributed by atoms with van der Waals surface area (Å²) in [5, 5.41) is 6.34. The van der Waals surface area contributed by atoms with E-state index < -0.39 is 0 Å². The van der Waals surface area contributed by atoms with Crippen LogP contribution in [0.2, 0.25) is 0 Å². The fourth-order valence-electron chi connectivity index (χ4n) is 2.28. The highest BCUT2D eigenvalue weighted by atomic mass is 32.1. The first-order valence-electron chi connectivity index (χ1n) is 6.83. The minimum absolute atomic E-state index is 0.188. The predicted molar refractivity (Wildman–Crippen MR) is 75.8 cm³/mol. The lowest BCUT2D eigenvalue weighted by Gasteiger charge is -2.08. The number of hydrogen-bond acceptors (Lipinski definition) is 3. The van der Waals surface area contributed by atoms with Crippen molar-refractivity contribution in [1.82, 2.24) is 10.6 Å². The van der Waals surface area contributed by atoms with E-state index in [4.69, 9.17) is 0 Å². The molecule has 1 fully saturated rings. The van der Waals surface area contributed by atoms with Gasteiger partial charge in [-0.1, -0.05) is 6.92 Å². The molecule has 1 aromatic heterocycles. The molecule has 2 N–H and O–H groups in total. The Morgan fingerprint density at radius 1 is 1.50 bits per heavy atom. The molecule has 100 valence electrons. The molecule has 1 aromatic rings. The molecule has 0 aromatic carbocycles. The molecule has 1 unspecified atom stereocenters. The second kappa shape index (κ2) is 6.90. The third-order valence-corrected chi connectivity index (χ3v) is 4.70. The van der Waals surface area contributed by atoms with Crippen LogP contribution in [0, 0.1) is 5.92 Å². The Morgan fingerprint density at radius 3 is 3.00 bits per heavy atom. The number of carbonyl (C=O) groups is 1. The van der Waals surface area contributed by atoms with Gasteiger partial charge in [0.15, 0.2) is 0 Å². The average molecular weight is 266 g/mol. The van der Waals surface area contributed by atoms with E-state index in [0.717, 1.165) is 25.9 Å². The topological polar surface area (TPSA) is 41.1 Å². The number of amides is 1. The van der Waals surface area contributed by atoms with Gasteiger partial charge in [0.05, 0.1) is 6.54 Å². The lowest BCUT2D eigenvalue weighted by atomic mass is 10.0. The molecule has 0 bridgehead atoms. The Morgan fingerprint density at radius 2 is 2.33 bits per heavy atom. The SMILES string of the molecule is CCc1ccc(CNC(=O)CCC2CCNC2)s1. The second-order valence-corrected chi connectivity index (χ2v) is 6.15. The van der Waals surface area contributed by atoms with E-state index in [1.165, 1.54) is 16.2 Å². The molecule has 2 rings (SSSR count). The summed E-state index contributed by atoms with van der Waals surface area (Å²) in [5.74, 6) is 0.887. The van der Waals surface area contributed by atoms with Gasteiger partial charge in [-0.15, -0.1) is 11.3 Å². The summed E-state index contributed by atoms with van der Waals surface area (Å²) in [6, 6.07) is 4.26. The van der Waals surface area contributed by atoms with Gasteiger partial charge in [-0.05, 0) is 50.4 Å². The monoisotopic (exact) mass is 266 g/mol. The first-order valence-corrected chi connectivity index (χ1v) is 7.64. The molecular formula is C14H22N2OS. The molecule has 18 heavy (non-hydrogen) atoms. The van der Waals surface area contributed by atoms with Gasteiger partial charge in [0, 0.05) is 16.2 Å². The maximum Gasteiger partial charge on any atom is 0.220 e. The Kier molecular flexibility index (Phi) is 5.20. The Hall–Kier alpha value is -0.870. The van der Waals surface area contributed by atoms with Crippen molar-refractivity contribution in [1.29, 1.82) is 0 Å². The van der Waals surface area contributed by atoms with E-state index >= 15 is 0 Å². The van der Waals surface area contributed by atoms with Gasteiger partial charge in [-0.3, -0.25) is 4.79 Å². The van der Waals surface area contributed by atoms with Crippen LogP contribution in [0.15, 0.2) is 12.1 Å². The average Bonchev–Trinajstić information content (AvgIpc) is 3.04. The van der Waals surface area contributed by atoms with Gasteiger partial charge < -0.3 is 10.6 Å². The van der Waals surface area contributed by atoms with Crippen LogP contribution in [-0.2, 0) is 17.8 Å². The van der Waals surface area contributed by atoms with E-state index in [0.29, 0.717) is 18.9 Å². The smallest absolute Gasteiger partial charge is 0.220 e. The van der Waals surface area contributed by atoms with Crippen molar-refractivity contribution in [2.75, 3.05) is 13.1 Å². The lowest BCUT2D eigenvalue weighted by molar-refractivity contribution is -0.121. The predicted octanol–water partition coefficient (Wildman–Crippen LogP) is 2.32. The molecule has 3 nitrogen and oxygen atoms in total. The van der Waals surface area contributed by atoms with Crippen molar-refractivity contribution >= 4 is 17.2 Å². The number of rotatable bonds is 6. The third-order valence-electron chi connectivity index (χ3n) is 3.47. The summed E-state index contributed by atoms with van der Waals surface area (Å²) < 4.78 is 0. The van der Waals surface area contributed by atoms with Gasteiger partial charge in [-0.25, -0.2) is 0 Å². The highest BCUT2D eigenvalue weighted by Gasteiger charge is 2.15. The molecular weight excluding hydrogens is 244 g/mol. The zero-order valence-electron chi connectivity index (χ0n) is 11.0. The molecule has 0 saturated carbocycles. The van der Waals surface area contributed by atoms with E-state index in [2.05, 4.69) is 29.7 Å². The molecule has 1 saturated heterocycles. The first kappa shape index (κ1) is 13.6. The zero-order chi connectivity index (χ0) is 12.8. The van der Waals surface area contributed by atoms with Gasteiger partial charge in [0.25, 0.3) is 0 Å².